The molecule has 38 heavy (non-hydrogen) atoms. The van der Waals surface area contributed by atoms with Gasteiger partial charge in [-0.1, -0.05) is 32.3 Å². The molecule has 196 valence electrons. The van der Waals surface area contributed by atoms with Crippen LogP contribution in [0.4, 0.5) is 0 Å². The second-order valence-electron chi connectivity index (χ2n) is 9.62. The molecule has 7 nitrogen and oxygen atoms in total. The first kappa shape index (κ1) is 26.8. The molecule has 0 amide bonds. The topological polar surface area (TPSA) is 98.0 Å². The summed E-state index contributed by atoms with van der Waals surface area (Å²) in [4.78, 5) is 38.2. The highest BCUT2D eigenvalue weighted by atomic mass is 16.5. The fourth-order valence-corrected chi connectivity index (χ4v) is 4.52. The number of aryl methyl sites for hydroxylation is 1. The van der Waals surface area contributed by atoms with Gasteiger partial charge in [0, 0.05) is 45.0 Å². The fraction of sp³-hybridized carbons (Fsp3) is 0.290. The van der Waals surface area contributed by atoms with Crippen LogP contribution in [0.1, 0.15) is 73.2 Å². The summed E-state index contributed by atoms with van der Waals surface area (Å²) in [6.07, 6.45) is 2.06. The first-order valence-electron chi connectivity index (χ1n) is 13.0. The molecule has 0 fully saturated rings. The van der Waals surface area contributed by atoms with Crippen LogP contribution in [-0.2, 0) is 11.3 Å². The summed E-state index contributed by atoms with van der Waals surface area (Å²) < 4.78 is 7.45. The molecule has 1 aromatic heterocycles. The third-order valence-corrected chi connectivity index (χ3v) is 6.66. The summed E-state index contributed by atoms with van der Waals surface area (Å²) in [6.45, 7) is 8.30. The third kappa shape index (κ3) is 5.23. The largest absolute Gasteiger partial charge is 0.426 e. The Labute approximate surface area is 221 Å². The average Bonchev–Trinajstić information content (AvgIpc) is 3.25. The predicted octanol–water partition coefficient (Wildman–Crippen LogP) is 6.81. The minimum Gasteiger partial charge on any atom is -0.426 e. The Balaban J connectivity index is 1.72. The van der Waals surface area contributed by atoms with E-state index in [4.69, 9.17) is 4.74 Å². The highest BCUT2D eigenvalue weighted by Crippen LogP contribution is 2.32. The number of ketones is 2. The van der Waals surface area contributed by atoms with Crippen molar-refractivity contribution in [3.63, 3.8) is 0 Å². The van der Waals surface area contributed by atoms with Crippen molar-refractivity contribution in [1.82, 2.24) is 4.57 Å². The van der Waals surface area contributed by atoms with Crippen LogP contribution < -0.4 is 4.74 Å². The summed E-state index contributed by atoms with van der Waals surface area (Å²) in [6, 6.07) is 17.6. The first-order chi connectivity index (χ1) is 18.3. The number of hydrogen-bond donors (Lipinski definition) is 1. The molecule has 1 heterocycles. The van der Waals surface area contributed by atoms with Crippen molar-refractivity contribution in [1.29, 1.82) is 0 Å². The van der Waals surface area contributed by atoms with E-state index in [9.17, 15) is 19.6 Å². The second kappa shape index (κ2) is 11.4. The zero-order valence-corrected chi connectivity index (χ0v) is 22.2. The van der Waals surface area contributed by atoms with E-state index in [1.54, 1.807) is 50.2 Å². The van der Waals surface area contributed by atoms with Crippen LogP contribution in [0.5, 0.6) is 5.75 Å². The first-order valence-corrected chi connectivity index (χ1v) is 13.0. The maximum absolute atomic E-state index is 13.3. The highest BCUT2D eigenvalue weighted by Gasteiger charge is 2.19. The Morgan fingerprint density at radius 2 is 1.45 bits per heavy atom. The van der Waals surface area contributed by atoms with Crippen molar-refractivity contribution < 1.29 is 24.3 Å². The van der Waals surface area contributed by atoms with E-state index >= 15 is 0 Å². The molecule has 0 unspecified atom stereocenters. The number of esters is 1. The molecular formula is C31H32N2O5. The molecular weight excluding hydrogens is 480 g/mol. The number of ether oxygens (including phenoxy) is 1. The summed E-state index contributed by atoms with van der Waals surface area (Å²) >= 11 is 0. The monoisotopic (exact) mass is 512 g/mol. The van der Waals surface area contributed by atoms with Crippen molar-refractivity contribution in [2.24, 2.45) is 11.1 Å². The minimum absolute atomic E-state index is 0.142. The Bertz CT molecular complexity index is 1540. The number of fused-ring (bicyclic) bond motifs is 3. The van der Waals surface area contributed by atoms with Gasteiger partial charge in [0.05, 0.1) is 5.92 Å². The van der Waals surface area contributed by atoms with Crippen molar-refractivity contribution in [3.8, 4) is 5.75 Å². The van der Waals surface area contributed by atoms with E-state index in [0.29, 0.717) is 28.9 Å². The molecule has 0 saturated carbocycles. The van der Waals surface area contributed by atoms with Crippen LogP contribution in [0.25, 0.3) is 21.8 Å². The Hall–Kier alpha value is -4.26. The van der Waals surface area contributed by atoms with Crippen LogP contribution in [0.3, 0.4) is 0 Å². The van der Waals surface area contributed by atoms with Crippen LogP contribution in [-0.4, -0.2) is 33.0 Å². The third-order valence-electron chi connectivity index (χ3n) is 6.66. The molecule has 0 aliphatic rings. The standard InChI is InChI=1S/C31H32N2O5/c1-5-7-8-26(32-37)30(35)22-12-16-28-25(18-22)24-17-21(11-15-27(24)33(28)6-2)29(34)20-9-13-23(14-10-20)38-31(36)19(3)4/h9-19,37H,5-8H2,1-4H3/b32-26+. The summed E-state index contributed by atoms with van der Waals surface area (Å²) in [7, 11) is 0. The van der Waals surface area contributed by atoms with Crippen LogP contribution in [0.15, 0.2) is 65.8 Å². The normalized spacial score (nSPS) is 11.9. The van der Waals surface area contributed by atoms with Crippen LogP contribution in [0, 0.1) is 5.92 Å². The molecule has 0 atom stereocenters. The highest BCUT2D eigenvalue weighted by molar-refractivity contribution is 6.46. The number of unbranched alkanes of at least 4 members (excludes halogenated alkanes) is 1. The summed E-state index contributed by atoms with van der Waals surface area (Å²) in [5.74, 6) is -0.646. The molecule has 0 spiro atoms. The van der Waals surface area contributed by atoms with Gasteiger partial charge in [-0.3, -0.25) is 14.4 Å². The van der Waals surface area contributed by atoms with E-state index in [1.165, 1.54) is 0 Å². The second-order valence-corrected chi connectivity index (χ2v) is 9.62. The number of rotatable bonds is 10. The van der Waals surface area contributed by atoms with Gasteiger partial charge in [-0.25, -0.2) is 0 Å². The smallest absolute Gasteiger partial charge is 0.313 e. The number of carbonyl (C=O) groups is 3. The number of oxime groups is 1. The van der Waals surface area contributed by atoms with E-state index < -0.39 is 0 Å². The predicted molar refractivity (Wildman–Crippen MR) is 149 cm³/mol. The Morgan fingerprint density at radius 1 is 0.868 bits per heavy atom. The fourth-order valence-electron chi connectivity index (χ4n) is 4.52. The Morgan fingerprint density at radius 3 is 2.00 bits per heavy atom. The molecule has 0 saturated heterocycles. The van der Waals surface area contributed by atoms with E-state index in [0.717, 1.165) is 41.2 Å². The molecule has 4 rings (SSSR count). The van der Waals surface area contributed by atoms with Crippen LogP contribution >= 0.6 is 0 Å². The molecule has 0 aliphatic heterocycles. The van der Waals surface area contributed by atoms with Gasteiger partial charge in [-0.2, -0.15) is 0 Å². The van der Waals surface area contributed by atoms with Crippen molar-refractivity contribution in [3.05, 3.63) is 77.4 Å². The van der Waals surface area contributed by atoms with Gasteiger partial charge in [0.1, 0.15) is 11.5 Å². The van der Waals surface area contributed by atoms with Gasteiger partial charge >= 0.3 is 5.97 Å². The maximum Gasteiger partial charge on any atom is 0.313 e. The number of hydrogen-bond acceptors (Lipinski definition) is 6. The van der Waals surface area contributed by atoms with Crippen molar-refractivity contribution >= 4 is 45.1 Å². The lowest BCUT2D eigenvalue weighted by molar-refractivity contribution is -0.137. The van der Waals surface area contributed by atoms with E-state index in [2.05, 4.69) is 9.72 Å². The van der Waals surface area contributed by atoms with E-state index in [-0.39, 0.29) is 29.2 Å². The molecule has 0 bridgehead atoms. The lowest BCUT2D eigenvalue weighted by Crippen LogP contribution is -2.14. The summed E-state index contributed by atoms with van der Waals surface area (Å²) in [5, 5.41) is 14.4. The number of carbonyl (C=O) groups excluding carboxylic acids is 3. The van der Waals surface area contributed by atoms with Gasteiger partial charge in [0.2, 0.25) is 5.78 Å². The molecule has 7 heteroatoms. The molecule has 1 N–H and O–H groups in total. The Kier molecular flexibility index (Phi) is 8.05. The summed E-state index contributed by atoms with van der Waals surface area (Å²) in [5.41, 5.74) is 3.49. The van der Waals surface area contributed by atoms with Gasteiger partial charge < -0.3 is 14.5 Å². The average molecular weight is 513 g/mol. The van der Waals surface area contributed by atoms with E-state index in [1.807, 2.05) is 38.1 Å². The number of Topliss-reactive ketones (excluding diaryl/α,β-unsaturated/α-hetero) is 1. The molecule has 3 aromatic carbocycles. The lowest BCUT2D eigenvalue weighted by atomic mass is 9.99. The maximum atomic E-state index is 13.3. The van der Waals surface area contributed by atoms with Gasteiger partial charge in [-0.05, 0) is 80.4 Å². The van der Waals surface area contributed by atoms with Crippen LogP contribution in [0.2, 0.25) is 0 Å². The minimum atomic E-state index is -0.331. The number of nitrogens with zero attached hydrogens (tertiary/aromatic N) is 2. The molecule has 4 aromatic rings. The SMILES string of the molecule is CCCC/C(=N\O)C(=O)c1ccc2c(c1)c1cc(C(=O)c3ccc(OC(=O)C(C)C)cc3)ccc1n2CC. The number of aromatic nitrogens is 1. The quantitative estimate of drug-likeness (QED) is 0.0628. The molecule has 0 radical (unpaired) electrons. The zero-order valence-electron chi connectivity index (χ0n) is 22.2. The van der Waals surface area contributed by atoms with Crippen molar-refractivity contribution in [2.45, 2.75) is 53.5 Å². The number of benzene rings is 3. The molecule has 0 aliphatic carbocycles. The van der Waals surface area contributed by atoms with Gasteiger partial charge in [-0.15, -0.1) is 0 Å². The lowest BCUT2D eigenvalue weighted by Gasteiger charge is -2.08. The van der Waals surface area contributed by atoms with Gasteiger partial charge in [0.25, 0.3) is 0 Å². The zero-order chi connectivity index (χ0) is 27.4. The van der Waals surface area contributed by atoms with Gasteiger partial charge in [0.15, 0.2) is 5.78 Å². The van der Waals surface area contributed by atoms with Crippen molar-refractivity contribution in [2.75, 3.05) is 0 Å².